The second kappa shape index (κ2) is 8.14. The van der Waals surface area contributed by atoms with Crippen molar-refractivity contribution in [3.05, 3.63) is 16.1 Å². The van der Waals surface area contributed by atoms with Gasteiger partial charge in [-0.2, -0.15) is 13.2 Å². The van der Waals surface area contributed by atoms with E-state index < -0.39 is 17.9 Å². The summed E-state index contributed by atoms with van der Waals surface area (Å²) in [5.74, 6) is 0.0505. The van der Waals surface area contributed by atoms with E-state index in [0.29, 0.717) is 12.5 Å². The first-order chi connectivity index (χ1) is 11.8. The number of thiazole rings is 1. The smallest absolute Gasteiger partial charge is 0.357 e. The maximum Gasteiger partial charge on any atom is 0.434 e. The second-order valence-corrected chi connectivity index (χ2v) is 5.89. The molecule has 1 fully saturated rings. The minimum Gasteiger partial charge on any atom is -0.357 e. The lowest BCUT2D eigenvalue weighted by Gasteiger charge is -2.15. The molecule has 0 unspecified atom stereocenters. The maximum atomic E-state index is 12.5. The van der Waals surface area contributed by atoms with Crippen molar-refractivity contribution in [3.8, 4) is 0 Å². The minimum absolute atomic E-state index is 0.0147. The lowest BCUT2D eigenvalue weighted by Crippen LogP contribution is -2.43. The minimum atomic E-state index is -4.47. The predicted octanol–water partition coefficient (Wildman–Crippen LogP) is 0.769. The first-order valence-corrected chi connectivity index (χ1v) is 8.31. The molecule has 25 heavy (non-hydrogen) atoms. The van der Waals surface area contributed by atoms with Crippen molar-refractivity contribution in [2.24, 2.45) is 4.99 Å². The lowest BCUT2D eigenvalue weighted by atomic mass is 10.5. The number of carbonyl (C=O) groups excluding carboxylic acids is 2. The zero-order valence-electron chi connectivity index (χ0n) is 13.3. The van der Waals surface area contributed by atoms with Gasteiger partial charge >= 0.3 is 12.2 Å². The van der Waals surface area contributed by atoms with Crippen LogP contribution in [-0.2, 0) is 17.5 Å². The summed E-state index contributed by atoms with van der Waals surface area (Å²) in [5.41, 5.74) is -0.931. The predicted molar refractivity (Wildman–Crippen MR) is 85.0 cm³/mol. The lowest BCUT2D eigenvalue weighted by molar-refractivity contribution is -0.140. The van der Waals surface area contributed by atoms with E-state index in [1.807, 2.05) is 6.92 Å². The Kier molecular flexibility index (Phi) is 6.17. The van der Waals surface area contributed by atoms with Crippen LogP contribution >= 0.6 is 11.3 Å². The first kappa shape index (κ1) is 19.0. The summed E-state index contributed by atoms with van der Waals surface area (Å²) in [5, 5.41) is 9.43. The molecule has 138 valence electrons. The van der Waals surface area contributed by atoms with Gasteiger partial charge in [0.15, 0.2) is 11.7 Å². The highest BCUT2D eigenvalue weighted by atomic mass is 32.1. The van der Waals surface area contributed by atoms with E-state index in [1.54, 1.807) is 0 Å². The number of hydrogen-bond donors (Lipinski definition) is 3. The molecule has 0 radical (unpaired) electrons. The number of aliphatic imine (C=N–C) groups is 1. The van der Waals surface area contributed by atoms with E-state index in [2.05, 4.69) is 25.9 Å². The van der Waals surface area contributed by atoms with Gasteiger partial charge in [0, 0.05) is 25.0 Å². The highest BCUT2D eigenvalue weighted by Gasteiger charge is 2.33. The van der Waals surface area contributed by atoms with E-state index >= 15 is 0 Å². The summed E-state index contributed by atoms with van der Waals surface area (Å²) in [6.45, 7) is 2.76. The highest BCUT2D eigenvalue weighted by Crippen LogP contribution is 2.30. The van der Waals surface area contributed by atoms with Gasteiger partial charge in [0.1, 0.15) is 5.01 Å². The maximum absolute atomic E-state index is 12.5. The van der Waals surface area contributed by atoms with Gasteiger partial charge in [0.2, 0.25) is 5.91 Å². The van der Waals surface area contributed by atoms with Crippen molar-refractivity contribution in [1.29, 1.82) is 0 Å². The summed E-state index contributed by atoms with van der Waals surface area (Å²) in [4.78, 5) is 31.6. The van der Waals surface area contributed by atoms with E-state index in [4.69, 9.17) is 0 Å². The number of rotatable bonds is 6. The Balaban J connectivity index is 1.88. The van der Waals surface area contributed by atoms with Crippen LogP contribution in [0.25, 0.3) is 0 Å². The van der Waals surface area contributed by atoms with E-state index in [-0.39, 0.29) is 37.1 Å². The molecule has 0 aromatic carbocycles. The molecule has 0 saturated carbocycles. The van der Waals surface area contributed by atoms with E-state index in [0.717, 1.165) is 21.6 Å². The van der Waals surface area contributed by atoms with E-state index in [9.17, 15) is 22.8 Å². The Morgan fingerprint density at radius 1 is 1.44 bits per heavy atom. The third-order valence-electron chi connectivity index (χ3n) is 3.12. The van der Waals surface area contributed by atoms with Gasteiger partial charge in [0.05, 0.1) is 13.1 Å². The monoisotopic (exact) mass is 378 g/mol. The number of nitrogens with zero attached hydrogens (tertiary/aromatic N) is 3. The van der Waals surface area contributed by atoms with Crippen molar-refractivity contribution in [3.63, 3.8) is 0 Å². The molecule has 1 aromatic rings. The van der Waals surface area contributed by atoms with Crippen molar-refractivity contribution in [2.45, 2.75) is 19.6 Å². The summed E-state index contributed by atoms with van der Waals surface area (Å²) in [6, 6.07) is -0.448. The Labute approximate surface area is 145 Å². The fraction of sp³-hybridized carbons (Fsp3) is 0.538. The van der Waals surface area contributed by atoms with Crippen molar-refractivity contribution >= 4 is 29.2 Å². The third kappa shape index (κ3) is 5.31. The molecule has 2 heterocycles. The number of halogens is 3. The number of alkyl halides is 3. The van der Waals surface area contributed by atoms with Gasteiger partial charge in [-0.25, -0.2) is 14.8 Å². The molecular weight excluding hydrogens is 361 g/mol. The topological polar surface area (TPSA) is 98.7 Å². The summed E-state index contributed by atoms with van der Waals surface area (Å²) in [7, 11) is 0. The van der Waals surface area contributed by atoms with Gasteiger partial charge in [0.25, 0.3) is 0 Å². The zero-order valence-corrected chi connectivity index (χ0v) is 14.1. The summed E-state index contributed by atoms with van der Waals surface area (Å²) >= 11 is 0.882. The molecular formula is C13H17F3N6O2S. The molecule has 0 atom stereocenters. The van der Waals surface area contributed by atoms with Gasteiger partial charge in [-0.1, -0.05) is 0 Å². The second-order valence-electron chi connectivity index (χ2n) is 4.95. The van der Waals surface area contributed by atoms with Crippen LogP contribution in [0, 0.1) is 0 Å². The highest BCUT2D eigenvalue weighted by molar-refractivity contribution is 7.09. The number of carbonyl (C=O) groups is 2. The molecule has 0 spiro atoms. The SMILES string of the molecule is CCNC(=NCc1nc(C(F)(F)F)cs1)NCCN1C(=O)CNC1=O. The van der Waals surface area contributed by atoms with Crippen molar-refractivity contribution in [2.75, 3.05) is 26.2 Å². The standard InChI is InChI=1S/C13H17F3N6O2S/c1-2-17-11(18-3-4-22-10(23)6-20-12(22)24)19-5-9-21-8(7-25-9)13(14,15)16/h7H,2-6H2,1H3,(H,20,24)(H2,17,18,19). The molecule has 1 aliphatic rings. The number of urea groups is 1. The van der Waals surface area contributed by atoms with E-state index in [1.165, 1.54) is 0 Å². The molecule has 1 saturated heterocycles. The molecule has 8 nitrogen and oxygen atoms in total. The molecule has 3 amide bonds. The van der Waals surface area contributed by atoms with Crippen LogP contribution in [0.4, 0.5) is 18.0 Å². The van der Waals surface area contributed by atoms with Crippen LogP contribution in [0.2, 0.25) is 0 Å². The number of imide groups is 1. The number of guanidine groups is 1. The molecule has 1 aromatic heterocycles. The molecule has 0 bridgehead atoms. The Hall–Kier alpha value is -2.37. The van der Waals surface area contributed by atoms with Gasteiger partial charge in [-0.3, -0.25) is 9.69 Å². The van der Waals surface area contributed by atoms with Crippen LogP contribution in [0.5, 0.6) is 0 Å². The molecule has 3 N–H and O–H groups in total. The van der Waals surface area contributed by atoms with Crippen LogP contribution in [0.3, 0.4) is 0 Å². The average Bonchev–Trinajstić information content (AvgIpc) is 3.14. The molecule has 2 rings (SSSR count). The first-order valence-electron chi connectivity index (χ1n) is 7.43. The van der Waals surface area contributed by atoms with Gasteiger partial charge in [-0.05, 0) is 6.92 Å². The normalized spacial score (nSPS) is 15.5. The number of amides is 3. The van der Waals surface area contributed by atoms with Crippen molar-refractivity contribution in [1.82, 2.24) is 25.8 Å². The molecule has 0 aliphatic carbocycles. The quantitative estimate of drug-likeness (QED) is 0.386. The summed E-state index contributed by atoms with van der Waals surface area (Å²) in [6.07, 6.45) is -4.47. The number of aromatic nitrogens is 1. The van der Waals surface area contributed by atoms with Gasteiger partial charge in [-0.15, -0.1) is 11.3 Å². The van der Waals surface area contributed by atoms with Crippen LogP contribution < -0.4 is 16.0 Å². The summed E-state index contributed by atoms with van der Waals surface area (Å²) < 4.78 is 37.6. The fourth-order valence-corrected chi connectivity index (χ4v) is 2.69. The number of hydrogen-bond acceptors (Lipinski definition) is 5. The van der Waals surface area contributed by atoms with Crippen LogP contribution in [0.15, 0.2) is 10.4 Å². The number of nitrogens with one attached hydrogen (secondary N) is 3. The van der Waals surface area contributed by atoms with Crippen molar-refractivity contribution < 1.29 is 22.8 Å². The molecule has 1 aliphatic heterocycles. The zero-order chi connectivity index (χ0) is 18.4. The van der Waals surface area contributed by atoms with Crippen LogP contribution in [-0.4, -0.2) is 54.0 Å². The largest absolute Gasteiger partial charge is 0.434 e. The average molecular weight is 378 g/mol. The Bertz CT molecular complexity index is 644. The van der Waals surface area contributed by atoms with Gasteiger partial charge < -0.3 is 16.0 Å². The fourth-order valence-electron chi connectivity index (χ4n) is 1.97. The Morgan fingerprint density at radius 3 is 2.76 bits per heavy atom. The Morgan fingerprint density at radius 2 is 2.20 bits per heavy atom. The third-order valence-corrected chi connectivity index (χ3v) is 3.96. The molecule has 12 heteroatoms. The van der Waals surface area contributed by atoms with Crippen LogP contribution in [0.1, 0.15) is 17.6 Å².